The van der Waals surface area contributed by atoms with Crippen LogP contribution in [-0.4, -0.2) is 37.0 Å². The van der Waals surface area contributed by atoms with Crippen molar-refractivity contribution in [2.24, 2.45) is 0 Å². The molecular formula is C22H24O6. The second-order valence-corrected chi connectivity index (χ2v) is 6.04. The zero-order chi connectivity index (χ0) is 20.8. The number of phenols is 2. The number of rotatable bonds is 8. The van der Waals surface area contributed by atoms with Crippen LogP contribution in [0, 0.1) is 0 Å². The Bertz CT molecular complexity index is 927. The second-order valence-electron chi connectivity index (χ2n) is 6.04. The van der Waals surface area contributed by atoms with E-state index in [9.17, 15) is 19.8 Å². The number of methoxy groups -OCH3 is 2. The average Bonchev–Trinajstić information content (AvgIpc) is 2.73. The summed E-state index contributed by atoms with van der Waals surface area (Å²) in [4.78, 5) is 23.4. The lowest BCUT2D eigenvalue weighted by atomic mass is 9.86. The monoisotopic (exact) mass is 384 g/mol. The maximum Gasteiger partial charge on any atom is 0.207 e. The van der Waals surface area contributed by atoms with E-state index in [0.29, 0.717) is 35.8 Å². The highest BCUT2D eigenvalue weighted by Gasteiger charge is 2.28. The summed E-state index contributed by atoms with van der Waals surface area (Å²) < 4.78 is 10.7. The maximum absolute atomic E-state index is 11.8. The van der Waals surface area contributed by atoms with E-state index in [1.807, 2.05) is 26.0 Å². The van der Waals surface area contributed by atoms with Gasteiger partial charge in [-0.1, -0.05) is 38.1 Å². The molecule has 0 fully saturated rings. The Balaban J connectivity index is 3.03. The lowest BCUT2D eigenvalue weighted by Gasteiger charge is -2.22. The smallest absolute Gasteiger partial charge is 0.207 e. The molecule has 2 aromatic carbocycles. The van der Waals surface area contributed by atoms with Crippen LogP contribution >= 0.6 is 0 Å². The van der Waals surface area contributed by atoms with Gasteiger partial charge in [-0.25, -0.2) is 0 Å². The van der Waals surface area contributed by atoms with E-state index in [0.717, 1.165) is 17.4 Å². The number of allylic oxidation sites excluding steroid dienone is 2. The zero-order valence-electron chi connectivity index (χ0n) is 16.4. The SMILES string of the molecule is CCC(=C(CC)c1c(C=O)c(O)c(O)c(OC)c1OC)c1ccccc1C=O. The molecule has 6 heteroatoms. The van der Waals surface area contributed by atoms with Crippen molar-refractivity contribution in [1.82, 2.24) is 0 Å². The molecule has 2 aromatic rings. The van der Waals surface area contributed by atoms with Crippen LogP contribution < -0.4 is 9.47 Å². The molecule has 0 atom stereocenters. The fourth-order valence-electron chi connectivity index (χ4n) is 3.48. The Labute approximate surface area is 164 Å². The summed E-state index contributed by atoms with van der Waals surface area (Å²) in [6.07, 6.45) is 2.31. The summed E-state index contributed by atoms with van der Waals surface area (Å²) in [6, 6.07) is 7.16. The predicted octanol–water partition coefficient (Wildman–Crippen LogP) is 4.47. The fraction of sp³-hybridized carbons (Fsp3) is 0.273. The van der Waals surface area contributed by atoms with Crippen LogP contribution in [0.15, 0.2) is 24.3 Å². The fourth-order valence-corrected chi connectivity index (χ4v) is 3.48. The van der Waals surface area contributed by atoms with Crippen LogP contribution in [0.4, 0.5) is 0 Å². The first kappa shape index (κ1) is 21.0. The largest absolute Gasteiger partial charge is 0.504 e. The number of carbonyl (C=O) groups is 2. The molecule has 28 heavy (non-hydrogen) atoms. The maximum atomic E-state index is 11.8. The third-order valence-corrected chi connectivity index (χ3v) is 4.71. The molecule has 2 N–H and O–H groups in total. The van der Waals surface area contributed by atoms with Crippen LogP contribution in [0.25, 0.3) is 11.1 Å². The molecule has 0 aliphatic carbocycles. The molecule has 0 amide bonds. The molecule has 0 saturated heterocycles. The number of benzene rings is 2. The third kappa shape index (κ3) is 3.45. The highest BCUT2D eigenvalue weighted by Crippen LogP contribution is 2.51. The van der Waals surface area contributed by atoms with Crippen LogP contribution in [-0.2, 0) is 0 Å². The Morgan fingerprint density at radius 2 is 1.50 bits per heavy atom. The third-order valence-electron chi connectivity index (χ3n) is 4.71. The van der Waals surface area contributed by atoms with Crippen LogP contribution in [0.2, 0.25) is 0 Å². The first-order valence-corrected chi connectivity index (χ1v) is 8.92. The van der Waals surface area contributed by atoms with Gasteiger partial charge in [0.15, 0.2) is 24.1 Å². The Morgan fingerprint density at radius 3 is 2.00 bits per heavy atom. The minimum atomic E-state index is -0.576. The van der Waals surface area contributed by atoms with E-state index in [-0.39, 0.29) is 17.1 Å². The van der Waals surface area contributed by atoms with Gasteiger partial charge in [0.1, 0.15) is 0 Å². The molecule has 0 aliphatic heterocycles. The summed E-state index contributed by atoms with van der Waals surface area (Å²) in [5, 5.41) is 20.6. The van der Waals surface area contributed by atoms with Crippen molar-refractivity contribution >= 4 is 23.7 Å². The summed E-state index contributed by atoms with van der Waals surface area (Å²) in [5.74, 6) is -1.06. The molecule has 0 aromatic heterocycles. The minimum absolute atomic E-state index is 0.0642. The van der Waals surface area contributed by atoms with Gasteiger partial charge in [0.2, 0.25) is 11.5 Å². The Kier molecular flexibility index (Phi) is 6.82. The van der Waals surface area contributed by atoms with Gasteiger partial charge in [-0.15, -0.1) is 0 Å². The Morgan fingerprint density at radius 1 is 0.893 bits per heavy atom. The molecule has 0 aliphatic rings. The van der Waals surface area contributed by atoms with Gasteiger partial charge in [-0.3, -0.25) is 9.59 Å². The first-order valence-electron chi connectivity index (χ1n) is 8.92. The van der Waals surface area contributed by atoms with Crippen LogP contribution in [0.3, 0.4) is 0 Å². The molecular weight excluding hydrogens is 360 g/mol. The number of phenolic OH excluding ortho intramolecular Hbond substituents is 2. The minimum Gasteiger partial charge on any atom is -0.504 e. The topological polar surface area (TPSA) is 93.1 Å². The molecule has 0 heterocycles. The van der Waals surface area contributed by atoms with Crippen molar-refractivity contribution in [1.29, 1.82) is 0 Å². The number of hydrogen-bond acceptors (Lipinski definition) is 6. The van der Waals surface area contributed by atoms with Gasteiger partial charge in [-0.05, 0) is 29.6 Å². The summed E-state index contributed by atoms with van der Waals surface area (Å²) in [6.45, 7) is 3.84. The molecule has 0 radical (unpaired) electrons. The molecule has 6 nitrogen and oxygen atoms in total. The Hall–Kier alpha value is -3.28. The number of ether oxygens (including phenoxy) is 2. The van der Waals surface area contributed by atoms with Crippen molar-refractivity contribution in [2.45, 2.75) is 26.7 Å². The normalized spacial score (nSPS) is 11.6. The van der Waals surface area contributed by atoms with Gasteiger partial charge in [0.05, 0.1) is 19.8 Å². The highest BCUT2D eigenvalue weighted by atomic mass is 16.5. The summed E-state index contributed by atoms with van der Waals surface area (Å²) in [7, 11) is 2.73. The van der Waals surface area contributed by atoms with E-state index in [4.69, 9.17) is 9.47 Å². The van der Waals surface area contributed by atoms with E-state index < -0.39 is 11.5 Å². The lowest BCUT2D eigenvalue weighted by Crippen LogP contribution is -2.04. The van der Waals surface area contributed by atoms with Crippen molar-refractivity contribution in [3.8, 4) is 23.0 Å². The first-order chi connectivity index (χ1) is 13.5. The van der Waals surface area contributed by atoms with Crippen molar-refractivity contribution in [3.63, 3.8) is 0 Å². The van der Waals surface area contributed by atoms with Gasteiger partial charge < -0.3 is 19.7 Å². The molecule has 0 spiro atoms. The molecule has 2 rings (SSSR count). The number of aromatic hydroxyl groups is 2. The molecule has 0 unspecified atom stereocenters. The lowest BCUT2D eigenvalue weighted by molar-refractivity contribution is 0.111. The van der Waals surface area contributed by atoms with Gasteiger partial charge in [0, 0.05) is 11.1 Å². The van der Waals surface area contributed by atoms with E-state index >= 15 is 0 Å². The van der Waals surface area contributed by atoms with Gasteiger partial charge >= 0.3 is 0 Å². The van der Waals surface area contributed by atoms with Crippen molar-refractivity contribution in [3.05, 3.63) is 46.5 Å². The number of hydrogen-bond donors (Lipinski definition) is 2. The predicted molar refractivity (Wildman–Crippen MR) is 107 cm³/mol. The number of carbonyl (C=O) groups excluding carboxylic acids is 2. The number of aldehydes is 2. The summed E-state index contributed by atoms with van der Waals surface area (Å²) in [5.41, 5.74) is 3.04. The van der Waals surface area contributed by atoms with E-state index in [2.05, 4.69) is 0 Å². The average molecular weight is 384 g/mol. The van der Waals surface area contributed by atoms with Crippen molar-refractivity contribution in [2.75, 3.05) is 14.2 Å². The highest BCUT2D eigenvalue weighted by molar-refractivity contribution is 6.03. The molecule has 0 saturated carbocycles. The van der Waals surface area contributed by atoms with Gasteiger partial charge in [-0.2, -0.15) is 0 Å². The second kappa shape index (κ2) is 9.08. The van der Waals surface area contributed by atoms with Crippen LogP contribution in [0.5, 0.6) is 23.0 Å². The van der Waals surface area contributed by atoms with Crippen molar-refractivity contribution < 1.29 is 29.3 Å². The van der Waals surface area contributed by atoms with Gasteiger partial charge in [0.25, 0.3) is 0 Å². The van der Waals surface area contributed by atoms with E-state index in [1.54, 1.807) is 12.1 Å². The molecule has 0 bridgehead atoms. The van der Waals surface area contributed by atoms with E-state index in [1.165, 1.54) is 14.2 Å². The molecule has 148 valence electrons. The quantitative estimate of drug-likeness (QED) is 0.396. The summed E-state index contributed by atoms with van der Waals surface area (Å²) >= 11 is 0. The zero-order valence-corrected chi connectivity index (χ0v) is 16.4. The standard InChI is InChI=1S/C22H24O6/c1-5-14(16-10-8-7-9-13(16)11-23)15(6-2)18-17(12-24)19(25)20(26)22(28-4)21(18)27-3/h7-12,25-26H,5-6H2,1-4H3. The van der Waals surface area contributed by atoms with Crippen LogP contribution in [0.1, 0.15) is 58.5 Å².